The van der Waals surface area contributed by atoms with Crippen molar-refractivity contribution < 1.29 is 13.2 Å². The Kier molecular flexibility index (Phi) is 5.40. The Morgan fingerprint density at radius 3 is 2.29 bits per heavy atom. The number of aryl methyl sites for hydroxylation is 1. The molecule has 0 saturated heterocycles. The number of hydrogen-bond acceptors (Lipinski definition) is 3. The Morgan fingerprint density at radius 1 is 1.10 bits per heavy atom. The van der Waals surface area contributed by atoms with Crippen molar-refractivity contribution in [1.29, 1.82) is 0 Å². The lowest BCUT2D eigenvalue weighted by atomic mass is 10.1. The van der Waals surface area contributed by atoms with Crippen LogP contribution in [-0.2, 0) is 14.6 Å². The summed E-state index contributed by atoms with van der Waals surface area (Å²) in [6.07, 6.45) is -0.468. The molecule has 0 bridgehead atoms. The zero-order valence-corrected chi connectivity index (χ0v) is 14.9. The standard InChI is InChI=1S/C16H17IO3S/c1-12-7-9-13(10-8-12)21(18,19)11-16(20-2)14-5-3-4-6-15(14)17/h3-10,16H,11H2,1-2H3. The average Bonchev–Trinajstić information content (AvgIpc) is 2.46. The third-order valence-electron chi connectivity index (χ3n) is 3.29. The normalized spacial score (nSPS) is 13.1. The highest BCUT2D eigenvalue weighted by Crippen LogP contribution is 2.26. The van der Waals surface area contributed by atoms with Crippen molar-refractivity contribution >= 4 is 32.4 Å². The molecule has 0 heterocycles. The summed E-state index contributed by atoms with van der Waals surface area (Å²) in [4.78, 5) is 0.334. The molecule has 0 spiro atoms. The fraction of sp³-hybridized carbons (Fsp3) is 0.250. The van der Waals surface area contributed by atoms with Crippen molar-refractivity contribution in [2.24, 2.45) is 0 Å². The largest absolute Gasteiger partial charge is 0.376 e. The fourth-order valence-electron chi connectivity index (χ4n) is 2.06. The van der Waals surface area contributed by atoms with E-state index in [1.165, 1.54) is 0 Å². The second kappa shape index (κ2) is 6.89. The first-order chi connectivity index (χ1) is 9.94. The Bertz CT molecular complexity index is 709. The molecule has 0 aliphatic rings. The molecule has 2 aromatic carbocycles. The molecule has 0 N–H and O–H groups in total. The van der Waals surface area contributed by atoms with Crippen LogP contribution in [0.3, 0.4) is 0 Å². The van der Waals surface area contributed by atoms with E-state index in [4.69, 9.17) is 4.74 Å². The number of rotatable bonds is 5. The van der Waals surface area contributed by atoms with Crippen molar-refractivity contribution in [3.63, 3.8) is 0 Å². The molecule has 0 aromatic heterocycles. The van der Waals surface area contributed by atoms with Gasteiger partial charge in [-0.05, 0) is 53.3 Å². The lowest BCUT2D eigenvalue weighted by molar-refractivity contribution is 0.121. The molecule has 5 heteroatoms. The first-order valence-corrected chi connectivity index (χ1v) is 9.24. The summed E-state index contributed by atoms with van der Waals surface area (Å²) in [5, 5.41) is 0. The molecule has 1 unspecified atom stereocenters. The molecule has 1 atom stereocenters. The first kappa shape index (κ1) is 16.5. The van der Waals surface area contributed by atoms with Gasteiger partial charge in [0.25, 0.3) is 0 Å². The number of ether oxygens (including phenoxy) is 1. The highest BCUT2D eigenvalue weighted by Gasteiger charge is 2.23. The van der Waals surface area contributed by atoms with E-state index in [1.807, 2.05) is 31.2 Å². The van der Waals surface area contributed by atoms with Crippen LogP contribution in [0.2, 0.25) is 0 Å². The van der Waals surface area contributed by atoms with Crippen LogP contribution in [0.15, 0.2) is 53.4 Å². The smallest absolute Gasteiger partial charge is 0.181 e. The van der Waals surface area contributed by atoms with E-state index in [-0.39, 0.29) is 5.75 Å². The van der Waals surface area contributed by atoms with Crippen LogP contribution in [0.1, 0.15) is 17.2 Å². The van der Waals surface area contributed by atoms with E-state index < -0.39 is 15.9 Å². The summed E-state index contributed by atoms with van der Waals surface area (Å²) in [5.74, 6) is -0.0629. The quantitative estimate of drug-likeness (QED) is 0.698. The van der Waals surface area contributed by atoms with Crippen LogP contribution in [0, 0.1) is 10.5 Å². The van der Waals surface area contributed by atoms with E-state index in [0.717, 1.165) is 14.7 Å². The van der Waals surface area contributed by atoms with Crippen molar-refractivity contribution in [2.75, 3.05) is 12.9 Å². The lowest BCUT2D eigenvalue weighted by Crippen LogP contribution is -2.17. The van der Waals surface area contributed by atoms with Crippen LogP contribution in [0.5, 0.6) is 0 Å². The summed E-state index contributed by atoms with van der Waals surface area (Å²) in [6, 6.07) is 14.6. The fourth-order valence-corrected chi connectivity index (χ4v) is 4.25. The van der Waals surface area contributed by atoms with E-state index in [9.17, 15) is 8.42 Å². The summed E-state index contributed by atoms with van der Waals surface area (Å²) in [5.41, 5.74) is 1.94. The van der Waals surface area contributed by atoms with Crippen molar-refractivity contribution in [3.05, 3.63) is 63.2 Å². The van der Waals surface area contributed by atoms with Gasteiger partial charge in [-0.2, -0.15) is 0 Å². The molecule has 0 fully saturated rings. The van der Waals surface area contributed by atoms with Crippen LogP contribution in [0.4, 0.5) is 0 Å². The van der Waals surface area contributed by atoms with E-state index in [0.29, 0.717) is 4.90 Å². The topological polar surface area (TPSA) is 43.4 Å². The van der Waals surface area contributed by atoms with E-state index in [2.05, 4.69) is 22.6 Å². The van der Waals surface area contributed by atoms with Gasteiger partial charge in [0.05, 0.1) is 16.8 Å². The molecule has 0 aliphatic carbocycles. The molecular weight excluding hydrogens is 399 g/mol. The SMILES string of the molecule is COC(CS(=O)(=O)c1ccc(C)cc1)c1ccccc1I. The second-order valence-corrected chi connectivity index (χ2v) is 8.04. The van der Waals surface area contributed by atoms with Crippen LogP contribution >= 0.6 is 22.6 Å². The van der Waals surface area contributed by atoms with Gasteiger partial charge in [-0.25, -0.2) is 8.42 Å². The summed E-state index contributed by atoms with van der Waals surface area (Å²) in [7, 11) is -1.84. The van der Waals surface area contributed by atoms with Gasteiger partial charge in [0.2, 0.25) is 0 Å². The highest BCUT2D eigenvalue weighted by atomic mass is 127. The van der Waals surface area contributed by atoms with Crippen molar-refractivity contribution in [3.8, 4) is 0 Å². The maximum Gasteiger partial charge on any atom is 0.181 e. The molecule has 2 aromatic rings. The van der Waals surface area contributed by atoms with Gasteiger partial charge in [-0.3, -0.25) is 0 Å². The van der Waals surface area contributed by atoms with Crippen molar-refractivity contribution in [2.45, 2.75) is 17.9 Å². The molecule has 2 rings (SSSR count). The Hall–Kier alpha value is -0.920. The highest BCUT2D eigenvalue weighted by molar-refractivity contribution is 14.1. The first-order valence-electron chi connectivity index (χ1n) is 6.50. The minimum Gasteiger partial charge on any atom is -0.376 e. The summed E-state index contributed by atoms with van der Waals surface area (Å²) in [6.45, 7) is 1.93. The molecule has 0 amide bonds. The molecule has 21 heavy (non-hydrogen) atoms. The van der Waals surface area contributed by atoms with Gasteiger partial charge in [0.15, 0.2) is 9.84 Å². The molecule has 0 saturated carbocycles. The van der Waals surface area contributed by atoms with Gasteiger partial charge >= 0.3 is 0 Å². The number of sulfone groups is 1. The maximum atomic E-state index is 12.5. The number of hydrogen-bond donors (Lipinski definition) is 0. The summed E-state index contributed by atoms with van der Waals surface area (Å²) < 4.78 is 31.4. The summed E-state index contributed by atoms with van der Waals surface area (Å²) >= 11 is 2.19. The minimum atomic E-state index is -3.38. The number of halogens is 1. The molecule has 0 radical (unpaired) electrons. The van der Waals surface area contributed by atoms with Crippen molar-refractivity contribution in [1.82, 2.24) is 0 Å². The second-order valence-electron chi connectivity index (χ2n) is 4.84. The van der Waals surface area contributed by atoms with Gasteiger partial charge in [0.1, 0.15) is 0 Å². The Balaban J connectivity index is 2.30. The average molecular weight is 416 g/mol. The van der Waals surface area contributed by atoms with Crippen LogP contribution in [-0.4, -0.2) is 21.3 Å². The third-order valence-corrected chi connectivity index (χ3v) is 6.00. The van der Waals surface area contributed by atoms with Gasteiger partial charge in [0, 0.05) is 10.7 Å². The number of methoxy groups -OCH3 is 1. The molecule has 112 valence electrons. The van der Waals surface area contributed by atoms with Gasteiger partial charge < -0.3 is 4.74 Å². The third kappa shape index (κ3) is 4.05. The molecular formula is C16H17IO3S. The monoisotopic (exact) mass is 416 g/mol. The minimum absolute atomic E-state index is 0.0629. The number of benzene rings is 2. The zero-order chi connectivity index (χ0) is 15.5. The lowest BCUT2D eigenvalue weighted by Gasteiger charge is -2.17. The Labute approximate surface area is 139 Å². The molecule has 0 aliphatic heterocycles. The predicted octanol–water partition coefficient (Wildman–Crippen LogP) is 3.76. The van der Waals surface area contributed by atoms with Crippen LogP contribution < -0.4 is 0 Å². The maximum absolute atomic E-state index is 12.5. The van der Waals surface area contributed by atoms with Crippen LogP contribution in [0.25, 0.3) is 0 Å². The predicted molar refractivity (Wildman–Crippen MR) is 92.1 cm³/mol. The Morgan fingerprint density at radius 2 is 1.71 bits per heavy atom. The van der Waals surface area contributed by atoms with E-state index >= 15 is 0 Å². The van der Waals surface area contributed by atoms with Gasteiger partial charge in [-0.15, -0.1) is 0 Å². The van der Waals surface area contributed by atoms with Gasteiger partial charge in [-0.1, -0.05) is 35.9 Å². The zero-order valence-electron chi connectivity index (χ0n) is 11.9. The van der Waals surface area contributed by atoms with E-state index in [1.54, 1.807) is 31.4 Å². The molecule has 3 nitrogen and oxygen atoms in total.